The minimum absolute atomic E-state index is 0.174. The minimum Gasteiger partial charge on any atom is -0.389 e. The first-order valence-corrected chi connectivity index (χ1v) is 8.66. The molecule has 132 valence electrons. The van der Waals surface area contributed by atoms with Crippen molar-refractivity contribution in [3.8, 4) is 0 Å². The lowest BCUT2D eigenvalue weighted by Crippen LogP contribution is -2.34. The van der Waals surface area contributed by atoms with Gasteiger partial charge in [-0.2, -0.15) is 0 Å². The smallest absolute Gasteiger partial charge is 0.253 e. The van der Waals surface area contributed by atoms with Crippen LogP contribution < -0.4 is 10.6 Å². The quantitative estimate of drug-likeness (QED) is 0.608. The van der Waals surface area contributed by atoms with Crippen LogP contribution >= 0.6 is 0 Å². The van der Waals surface area contributed by atoms with Crippen molar-refractivity contribution in [3.63, 3.8) is 0 Å². The highest BCUT2D eigenvalue weighted by Gasteiger charge is 2.12. The average molecular weight is 332 g/mol. The highest BCUT2D eigenvalue weighted by molar-refractivity contribution is 5.99. The van der Waals surface area contributed by atoms with Gasteiger partial charge in [0.25, 0.3) is 5.91 Å². The lowest BCUT2D eigenvalue weighted by molar-refractivity contribution is 0.0610. The third kappa shape index (κ3) is 5.98. The fraction of sp³-hybridized carbons (Fsp3) is 0.526. The number of aliphatic hydroxyl groups is 1. The van der Waals surface area contributed by atoms with Crippen LogP contribution in [0.5, 0.6) is 0 Å². The molecule has 0 aliphatic heterocycles. The Labute approximate surface area is 144 Å². The maximum absolute atomic E-state index is 12.3. The highest BCUT2D eigenvalue weighted by Crippen LogP contribution is 2.21. The molecule has 0 radical (unpaired) electrons. The number of allylic oxidation sites excluding steroid dienone is 1. The van der Waals surface area contributed by atoms with E-state index in [1.807, 2.05) is 18.2 Å². The summed E-state index contributed by atoms with van der Waals surface area (Å²) in [6.45, 7) is 1.20. The zero-order valence-electron chi connectivity index (χ0n) is 14.4. The fourth-order valence-corrected chi connectivity index (χ4v) is 2.88. The summed E-state index contributed by atoms with van der Waals surface area (Å²) in [5, 5.41) is 15.7. The average Bonchev–Trinajstić information content (AvgIpc) is 2.61. The van der Waals surface area contributed by atoms with Crippen LogP contribution in [0.15, 0.2) is 35.9 Å². The SMILES string of the molecule is COCC(O)CNC(=O)c1ccccc1NCCC1=CCCCC1. The predicted molar refractivity (Wildman–Crippen MR) is 96.3 cm³/mol. The number of ether oxygens (including phenoxy) is 1. The van der Waals surface area contributed by atoms with E-state index in [1.165, 1.54) is 38.4 Å². The van der Waals surface area contributed by atoms with Gasteiger partial charge in [-0.1, -0.05) is 23.8 Å². The van der Waals surface area contributed by atoms with E-state index in [0.717, 1.165) is 18.7 Å². The van der Waals surface area contributed by atoms with Gasteiger partial charge in [-0.3, -0.25) is 4.79 Å². The second-order valence-corrected chi connectivity index (χ2v) is 6.15. The first-order valence-electron chi connectivity index (χ1n) is 8.66. The molecule has 0 aromatic heterocycles. The van der Waals surface area contributed by atoms with Crippen LogP contribution in [0.2, 0.25) is 0 Å². The van der Waals surface area contributed by atoms with Crippen molar-refractivity contribution in [2.75, 3.05) is 32.1 Å². The molecule has 5 heteroatoms. The number of para-hydroxylation sites is 1. The number of benzene rings is 1. The molecular formula is C19H28N2O3. The second kappa shape index (κ2) is 10.1. The largest absolute Gasteiger partial charge is 0.389 e. The van der Waals surface area contributed by atoms with Crippen molar-refractivity contribution in [1.29, 1.82) is 0 Å². The maximum Gasteiger partial charge on any atom is 0.253 e. The Morgan fingerprint density at radius 1 is 1.33 bits per heavy atom. The standard InChI is InChI=1S/C19H28N2O3/c1-24-14-16(22)13-21-19(23)17-9-5-6-10-18(17)20-12-11-15-7-3-2-4-8-15/h5-7,9-10,16,20,22H,2-4,8,11-14H2,1H3,(H,21,23). The molecule has 0 bridgehead atoms. The van der Waals surface area contributed by atoms with Gasteiger partial charge < -0.3 is 20.5 Å². The number of anilines is 1. The molecular weight excluding hydrogens is 304 g/mol. The first kappa shape index (κ1) is 18.5. The van der Waals surface area contributed by atoms with E-state index in [4.69, 9.17) is 4.74 Å². The second-order valence-electron chi connectivity index (χ2n) is 6.15. The van der Waals surface area contributed by atoms with Crippen LogP contribution in [0, 0.1) is 0 Å². The number of hydrogen-bond acceptors (Lipinski definition) is 4. The Hall–Kier alpha value is -1.85. The minimum atomic E-state index is -0.697. The molecule has 1 amide bonds. The van der Waals surface area contributed by atoms with E-state index < -0.39 is 6.10 Å². The molecule has 1 aromatic carbocycles. The zero-order valence-corrected chi connectivity index (χ0v) is 14.4. The van der Waals surface area contributed by atoms with E-state index >= 15 is 0 Å². The molecule has 1 unspecified atom stereocenters. The van der Waals surface area contributed by atoms with E-state index in [9.17, 15) is 9.90 Å². The lowest BCUT2D eigenvalue weighted by Gasteiger charge is -2.16. The van der Waals surface area contributed by atoms with Crippen LogP contribution in [-0.4, -0.2) is 43.9 Å². The molecule has 0 fully saturated rings. The molecule has 0 heterocycles. The van der Waals surface area contributed by atoms with Gasteiger partial charge in [0.05, 0.1) is 18.3 Å². The molecule has 0 spiro atoms. The predicted octanol–water partition coefficient (Wildman–Crippen LogP) is 2.73. The Morgan fingerprint density at radius 2 is 2.17 bits per heavy atom. The summed E-state index contributed by atoms with van der Waals surface area (Å²) in [5.74, 6) is -0.190. The number of methoxy groups -OCH3 is 1. The van der Waals surface area contributed by atoms with E-state index in [0.29, 0.717) is 5.56 Å². The molecule has 3 N–H and O–H groups in total. The third-order valence-corrected chi connectivity index (χ3v) is 4.18. The van der Waals surface area contributed by atoms with Gasteiger partial charge in [0.2, 0.25) is 0 Å². The van der Waals surface area contributed by atoms with Crippen molar-refractivity contribution in [2.45, 2.75) is 38.2 Å². The molecule has 0 saturated carbocycles. The normalized spacial score (nSPS) is 15.5. The number of rotatable bonds is 9. The monoisotopic (exact) mass is 332 g/mol. The first-order chi connectivity index (χ1) is 11.7. The van der Waals surface area contributed by atoms with Gasteiger partial charge in [-0.05, 0) is 44.2 Å². The Bertz CT molecular complexity index is 557. The summed E-state index contributed by atoms with van der Waals surface area (Å²) in [7, 11) is 1.52. The highest BCUT2D eigenvalue weighted by atomic mass is 16.5. The van der Waals surface area contributed by atoms with Crippen molar-refractivity contribution < 1.29 is 14.6 Å². The summed E-state index contributed by atoms with van der Waals surface area (Å²) < 4.78 is 4.86. The summed E-state index contributed by atoms with van der Waals surface area (Å²) in [6, 6.07) is 7.46. The Kier molecular flexibility index (Phi) is 7.79. The summed E-state index contributed by atoms with van der Waals surface area (Å²) in [6.07, 6.45) is 7.64. The molecule has 5 nitrogen and oxygen atoms in total. The number of aliphatic hydroxyl groups excluding tert-OH is 1. The number of amides is 1. The molecule has 1 aliphatic rings. The zero-order chi connectivity index (χ0) is 17.2. The summed E-state index contributed by atoms with van der Waals surface area (Å²) >= 11 is 0. The number of nitrogens with one attached hydrogen (secondary N) is 2. The van der Waals surface area contributed by atoms with Gasteiger partial charge in [-0.25, -0.2) is 0 Å². The topological polar surface area (TPSA) is 70.6 Å². The van der Waals surface area contributed by atoms with Gasteiger partial charge >= 0.3 is 0 Å². The molecule has 0 saturated heterocycles. The fourth-order valence-electron chi connectivity index (χ4n) is 2.88. The van der Waals surface area contributed by atoms with Gasteiger partial charge in [0, 0.05) is 25.9 Å². The van der Waals surface area contributed by atoms with Gasteiger partial charge in [-0.15, -0.1) is 0 Å². The van der Waals surface area contributed by atoms with Crippen LogP contribution in [-0.2, 0) is 4.74 Å². The Balaban J connectivity index is 1.86. The summed E-state index contributed by atoms with van der Waals surface area (Å²) in [5.41, 5.74) is 2.94. The number of hydrogen-bond donors (Lipinski definition) is 3. The van der Waals surface area contributed by atoms with Crippen LogP contribution in [0.1, 0.15) is 42.5 Å². The lowest BCUT2D eigenvalue weighted by atomic mass is 9.97. The third-order valence-electron chi connectivity index (χ3n) is 4.18. The van der Waals surface area contributed by atoms with Gasteiger partial charge in [0.1, 0.15) is 0 Å². The maximum atomic E-state index is 12.3. The number of carbonyl (C=O) groups is 1. The van der Waals surface area contributed by atoms with Crippen LogP contribution in [0.4, 0.5) is 5.69 Å². The van der Waals surface area contributed by atoms with Crippen LogP contribution in [0.25, 0.3) is 0 Å². The molecule has 1 atom stereocenters. The molecule has 1 aromatic rings. The van der Waals surface area contributed by atoms with Crippen molar-refractivity contribution in [2.24, 2.45) is 0 Å². The molecule has 1 aliphatic carbocycles. The van der Waals surface area contributed by atoms with Crippen molar-refractivity contribution >= 4 is 11.6 Å². The Morgan fingerprint density at radius 3 is 2.92 bits per heavy atom. The van der Waals surface area contributed by atoms with E-state index in [1.54, 1.807) is 6.07 Å². The number of carbonyl (C=O) groups excluding carboxylic acids is 1. The van der Waals surface area contributed by atoms with E-state index in [-0.39, 0.29) is 19.1 Å². The molecule has 24 heavy (non-hydrogen) atoms. The van der Waals surface area contributed by atoms with Crippen molar-refractivity contribution in [1.82, 2.24) is 5.32 Å². The van der Waals surface area contributed by atoms with Crippen LogP contribution in [0.3, 0.4) is 0 Å². The van der Waals surface area contributed by atoms with Crippen molar-refractivity contribution in [3.05, 3.63) is 41.5 Å². The van der Waals surface area contributed by atoms with E-state index in [2.05, 4.69) is 16.7 Å². The summed E-state index contributed by atoms with van der Waals surface area (Å²) in [4.78, 5) is 12.3. The van der Waals surface area contributed by atoms with Gasteiger partial charge in [0.15, 0.2) is 0 Å². The molecule has 2 rings (SSSR count).